The normalized spacial score (nSPS) is 17.7. The standard InChI is InChI=1S/C16H22FN3O3/c1-12(16(22)23)20-10-8-19(9-11-20)7-6-18-15(21)13-4-2-3-5-14(13)17/h2-5,12H,6-11H2,1H3,(H,18,21)(H,22,23)/t12-/m1/s1. The second kappa shape index (κ2) is 8.03. The first-order chi connectivity index (χ1) is 11.0. The number of hydrogen-bond donors (Lipinski definition) is 2. The molecular formula is C16H22FN3O3. The molecule has 0 unspecified atom stereocenters. The second-order valence-electron chi connectivity index (χ2n) is 5.63. The summed E-state index contributed by atoms with van der Waals surface area (Å²) in [6.45, 7) is 5.67. The number of aliphatic carboxylic acids is 1. The van der Waals surface area contributed by atoms with Gasteiger partial charge < -0.3 is 10.4 Å². The Balaban J connectivity index is 1.71. The summed E-state index contributed by atoms with van der Waals surface area (Å²) >= 11 is 0. The highest BCUT2D eigenvalue weighted by atomic mass is 19.1. The number of rotatable bonds is 6. The van der Waals surface area contributed by atoms with Gasteiger partial charge in [0, 0.05) is 39.3 Å². The zero-order chi connectivity index (χ0) is 16.8. The van der Waals surface area contributed by atoms with Crippen molar-refractivity contribution in [3.05, 3.63) is 35.6 Å². The largest absolute Gasteiger partial charge is 0.480 e. The van der Waals surface area contributed by atoms with Crippen LogP contribution in [0.3, 0.4) is 0 Å². The van der Waals surface area contributed by atoms with Gasteiger partial charge in [-0.2, -0.15) is 0 Å². The van der Waals surface area contributed by atoms with Crippen LogP contribution in [-0.2, 0) is 4.79 Å². The maximum atomic E-state index is 13.5. The van der Waals surface area contributed by atoms with Gasteiger partial charge in [0.1, 0.15) is 11.9 Å². The number of nitrogens with one attached hydrogen (secondary N) is 1. The monoisotopic (exact) mass is 323 g/mol. The van der Waals surface area contributed by atoms with Crippen molar-refractivity contribution in [1.29, 1.82) is 0 Å². The van der Waals surface area contributed by atoms with Crippen molar-refractivity contribution < 1.29 is 19.1 Å². The number of carbonyl (C=O) groups excluding carboxylic acids is 1. The van der Waals surface area contributed by atoms with Gasteiger partial charge in [-0.1, -0.05) is 12.1 Å². The summed E-state index contributed by atoms with van der Waals surface area (Å²) in [6, 6.07) is 5.41. The number of carboxylic acid groups (broad SMARTS) is 1. The molecule has 1 fully saturated rings. The molecule has 1 atom stereocenters. The van der Waals surface area contributed by atoms with E-state index in [1.54, 1.807) is 19.1 Å². The van der Waals surface area contributed by atoms with Gasteiger partial charge >= 0.3 is 5.97 Å². The molecule has 0 bridgehead atoms. The Morgan fingerprint density at radius 2 is 1.91 bits per heavy atom. The summed E-state index contributed by atoms with van der Waals surface area (Å²) < 4.78 is 13.5. The lowest BCUT2D eigenvalue weighted by Gasteiger charge is -2.36. The quantitative estimate of drug-likeness (QED) is 0.804. The Kier molecular flexibility index (Phi) is 6.06. The average Bonchev–Trinajstić information content (AvgIpc) is 2.55. The number of hydrogen-bond acceptors (Lipinski definition) is 4. The minimum absolute atomic E-state index is 0.0487. The third-order valence-corrected chi connectivity index (χ3v) is 4.14. The lowest BCUT2D eigenvalue weighted by molar-refractivity contribution is -0.143. The van der Waals surface area contributed by atoms with Crippen LogP contribution in [0.25, 0.3) is 0 Å². The summed E-state index contributed by atoms with van der Waals surface area (Å²) in [5, 5.41) is 11.7. The average molecular weight is 323 g/mol. The topological polar surface area (TPSA) is 72.9 Å². The van der Waals surface area contributed by atoms with Crippen molar-refractivity contribution in [3.8, 4) is 0 Å². The number of nitrogens with zero attached hydrogens (tertiary/aromatic N) is 2. The van der Waals surface area contributed by atoms with Crippen LogP contribution >= 0.6 is 0 Å². The van der Waals surface area contributed by atoms with Gasteiger partial charge in [0.05, 0.1) is 5.56 Å². The first-order valence-electron chi connectivity index (χ1n) is 7.71. The smallest absolute Gasteiger partial charge is 0.320 e. The Morgan fingerprint density at radius 1 is 1.26 bits per heavy atom. The fourth-order valence-electron chi connectivity index (χ4n) is 2.60. The van der Waals surface area contributed by atoms with E-state index in [9.17, 15) is 14.0 Å². The third-order valence-electron chi connectivity index (χ3n) is 4.14. The van der Waals surface area contributed by atoms with E-state index in [1.165, 1.54) is 12.1 Å². The molecule has 0 aliphatic carbocycles. The van der Waals surface area contributed by atoms with Crippen molar-refractivity contribution in [1.82, 2.24) is 15.1 Å². The van der Waals surface area contributed by atoms with Crippen LogP contribution in [0.4, 0.5) is 4.39 Å². The van der Waals surface area contributed by atoms with Crippen LogP contribution in [0.5, 0.6) is 0 Å². The molecule has 0 radical (unpaired) electrons. The first kappa shape index (κ1) is 17.4. The van der Waals surface area contributed by atoms with E-state index in [4.69, 9.17) is 5.11 Å². The van der Waals surface area contributed by atoms with Crippen LogP contribution in [0.1, 0.15) is 17.3 Å². The van der Waals surface area contributed by atoms with Gasteiger partial charge in [-0.3, -0.25) is 19.4 Å². The highest BCUT2D eigenvalue weighted by Crippen LogP contribution is 2.07. The maximum Gasteiger partial charge on any atom is 0.320 e. The summed E-state index contributed by atoms with van der Waals surface area (Å²) in [6.07, 6.45) is 0. The SMILES string of the molecule is C[C@H](C(=O)O)N1CCN(CCNC(=O)c2ccccc2F)CC1. The number of halogens is 1. The summed E-state index contributed by atoms with van der Waals surface area (Å²) in [5.74, 6) is -1.75. The van der Waals surface area contributed by atoms with E-state index < -0.39 is 23.7 Å². The van der Waals surface area contributed by atoms with E-state index in [-0.39, 0.29) is 5.56 Å². The van der Waals surface area contributed by atoms with Crippen LogP contribution in [0.2, 0.25) is 0 Å². The molecule has 0 saturated carbocycles. The molecule has 1 aromatic carbocycles. The molecule has 0 aromatic heterocycles. The van der Waals surface area contributed by atoms with Gasteiger partial charge in [-0.15, -0.1) is 0 Å². The molecule has 1 aliphatic rings. The highest BCUT2D eigenvalue weighted by Gasteiger charge is 2.24. The van der Waals surface area contributed by atoms with E-state index >= 15 is 0 Å². The Bertz CT molecular complexity index is 559. The van der Waals surface area contributed by atoms with Crippen molar-refractivity contribution in [3.63, 3.8) is 0 Å². The van der Waals surface area contributed by atoms with E-state index in [1.807, 2.05) is 4.90 Å². The first-order valence-corrected chi connectivity index (χ1v) is 7.71. The zero-order valence-electron chi connectivity index (χ0n) is 13.2. The zero-order valence-corrected chi connectivity index (χ0v) is 13.2. The van der Waals surface area contributed by atoms with Crippen LogP contribution < -0.4 is 5.32 Å². The third kappa shape index (κ3) is 4.74. The molecule has 7 heteroatoms. The van der Waals surface area contributed by atoms with E-state index in [0.29, 0.717) is 26.2 Å². The fourth-order valence-corrected chi connectivity index (χ4v) is 2.60. The molecule has 1 heterocycles. The molecule has 2 rings (SSSR count). The molecule has 6 nitrogen and oxygen atoms in total. The van der Waals surface area contributed by atoms with E-state index in [0.717, 1.165) is 13.1 Å². The molecule has 1 aliphatic heterocycles. The molecule has 0 spiro atoms. The summed E-state index contributed by atoms with van der Waals surface area (Å²) in [7, 11) is 0. The van der Waals surface area contributed by atoms with Crippen molar-refractivity contribution in [2.75, 3.05) is 39.3 Å². The Hall–Kier alpha value is -1.99. The molecule has 2 N–H and O–H groups in total. The van der Waals surface area contributed by atoms with E-state index in [2.05, 4.69) is 10.2 Å². The molecular weight excluding hydrogens is 301 g/mol. The van der Waals surface area contributed by atoms with Crippen molar-refractivity contribution in [2.45, 2.75) is 13.0 Å². The van der Waals surface area contributed by atoms with Gasteiger partial charge in [0.15, 0.2) is 0 Å². The Morgan fingerprint density at radius 3 is 2.52 bits per heavy atom. The van der Waals surface area contributed by atoms with Crippen molar-refractivity contribution >= 4 is 11.9 Å². The maximum absolute atomic E-state index is 13.5. The van der Waals surface area contributed by atoms with Crippen LogP contribution in [0.15, 0.2) is 24.3 Å². The predicted octanol–water partition coefficient (Wildman–Crippen LogP) is 0.646. The predicted molar refractivity (Wildman–Crippen MR) is 83.8 cm³/mol. The molecule has 126 valence electrons. The molecule has 1 amide bonds. The van der Waals surface area contributed by atoms with Crippen LogP contribution in [0, 0.1) is 5.82 Å². The lowest BCUT2D eigenvalue weighted by atomic mass is 10.2. The summed E-state index contributed by atoms with van der Waals surface area (Å²) in [5.41, 5.74) is 0.0487. The number of benzene rings is 1. The Labute approximate surface area is 134 Å². The van der Waals surface area contributed by atoms with Gasteiger partial charge in [-0.05, 0) is 19.1 Å². The number of piperazine rings is 1. The van der Waals surface area contributed by atoms with Gasteiger partial charge in [0.2, 0.25) is 0 Å². The molecule has 1 aromatic rings. The fraction of sp³-hybridized carbons (Fsp3) is 0.500. The second-order valence-corrected chi connectivity index (χ2v) is 5.63. The number of carboxylic acids is 1. The van der Waals surface area contributed by atoms with Crippen LogP contribution in [-0.4, -0.2) is 72.1 Å². The minimum atomic E-state index is -0.810. The van der Waals surface area contributed by atoms with Gasteiger partial charge in [0.25, 0.3) is 5.91 Å². The number of carbonyl (C=O) groups is 2. The minimum Gasteiger partial charge on any atom is -0.480 e. The molecule has 23 heavy (non-hydrogen) atoms. The lowest BCUT2D eigenvalue weighted by Crippen LogP contribution is -2.52. The van der Waals surface area contributed by atoms with Crippen molar-refractivity contribution in [2.24, 2.45) is 0 Å². The highest BCUT2D eigenvalue weighted by molar-refractivity contribution is 5.94. The van der Waals surface area contributed by atoms with Gasteiger partial charge in [-0.25, -0.2) is 4.39 Å². The summed E-state index contributed by atoms with van der Waals surface area (Å²) in [4.78, 5) is 26.9. The molecule has 1 saturated heterocycles. The number of amides is 1.